The highest BCUT2D eigenvalue weighted by Crippen LogP contribution is 2.38. The van der Waals surface area contributed by atoms with Crippen molar-refractivity contribution in [1.29, 1.82) is 5.26 Å². The number of allylic oxidation sites excluding steroid dienone is 1. The van der Waals surface area contributed by atoms with Crippen molar-refractivity contribution in [1.82, 2.24) is 4.98 Å². The van der Waals surface area contributed by atoms with Gasteiger partial charge in [0.2, 0.25) is 0 Å². The van der Waals surface area contributed by atoms with Crippen molar-refractivity contribution in [2.45, 2.75) is 6.92 Å². The Morgan fingerprint density at radius 3 is 2.88 bits per heavy atom. The number of hydrogen-bond donors (Lipinski definition) is 0. The number of rotatable bonds is 6. The first kappa shape index (κ1) is 18.6. The van der Waals surface area contributed by atoms with E-state index in [0.717, 1.165) is 20.6 Å². The van der Waals surface area contributed by atoms with Crippen molar-refractivity contribution < 1.29 is 9.47 Å². The van der Waals surface area contributed by atoms with Gasteiger partial charge in [-0.05, 0) is 58.1 Å². The lowest BCUT2D eigenvalue weighted by molar-refractivity contribution is 0.309. The molecule has 0 bridgehead atoms. The summed E-state index contributed by atoms with van der Waals surface area (Å²) in [5.41, 5.74) is 2.24. The van der Waals surface area contributed by atoms with Crippen LogP contribution in [-0.4, -0.2) is 18.7 Å². The number of thiazole rings is 1. The minimum absolute atomic E-state index is 0.510. The smallest absolute Gasteiger partial charge is 0.175 e. The lowest BCUT2D eigenvalue weighted by atomic mass is 10.1. The number of nitriles is 1. The SMILES string of the molecule is CCOc1c(Br)cc(/C=C(/C#N)c2nc(-c3cccs3)cs2)cc1OC. The number of ether oxygens (including phenoxy) is 2. The zero-order valence-electron chi connectivity index (χ0n) is 14.2. The molecule has 0 radical (unpaired) electrons. The topological polar surface area (TPSA) is 55.1 Å². The molecular formula is C19H15BrN2O2S2. The fourth-order valence-electron chi connectivity index (χ4n) is 2.35. The molecule has 0 N–H and O–H groups in total. The van der Waals surface area contributed by atoms with E-state index in [0.29, 0.717) is 28.7 Å². The van der Waals surface area contributed by atoms with Crippen LogP contribution in [0, 0.1) is 11.3 Å². The molecule has 0 spiro atoms. The van der Waals surface area contributed by atoms with E-state index in [1.165, 1.54) is 11.3 Å². The number of aromatic nitrogens is 1. The van der Waals surface area contributed by atoms with Crippen LogP contribution in [0.5, 0.6) is 11.5 Å². The number of methoxy groups -OCH3 is 1. The predicted molar refractivity (Wildman–Crippen MR) is 111 cm³/mol. The van der Waals surface area contributed by atoms with Crippen molar-refractivity contribution in [3.63, 3.8) is 0 Å². The van der Waals surface area contributed by atoms with E-state index in [1.807, 2.05) is 41.9 Å². The number of benzene rings is 1. The van der Waals surface area contributed by atoms with Gasteiger partial charge in [-0.3, -0.25) is 0 Å². The van der Waals surface area contributed by atoms with Crippen LogP contribution < -0.4 is 9.47 Å². The molecule has 0 atom stereocenters. The maximum atomic E-state index is 9.60. The Morgan fingerprint density at radius 1 is 1.38 bits per heavy atom. The summed E-state index contributed by atoms with van der Waals surface area (Å²) in [4.78, 5) is 5.70. The molecule has 0 saturated carbocycles. The third-order valence-corrected chi connectivity index (χ3v) is 5.84. The highest BCUT2D eigenvalue weighted by molar-refractivity contribution is 9.10. The Morgan fingerprint density at radius 2 is 2.23 bits per heavy atom. The monoisotopic (exact) mass is 446 g/mol. The number of nitrogens with zero attached hydrogens (tertiary/aromatic N) is 2. The van der Waals surface area contributed by atoms with Crippen molar-refractivity contribution in [2.24, 2.45) is 0 Å². The summed E-state index contributed by atoms with van der Waals surface area (Å²) in [5, 5.41) is 14.3. The Labute approximate surface area is 168 Å². The van der Waals surface area contributed by atoms with E-state index < -0.39 is 0 Å². The maximum Gasteiger partial charge on any atom is 0.175 e. The minimum atomic E-state index is 0.510. The second kappa shape index (κ2) is 8.49. The van der Waals surface area contributed by atoms with Gasteiger partial charge in [0.1, 0.15) is 11.1 Å². The Kier molecular flexibility index (Phi) is 6.09. The van der Waals surface area contributed by atoms with Gasteiger partial charge >= 0.3 is 0 Å². The highest BCUT2D eigenvalue weighted by Gasteiger charge is 2.13. The van der Waals surface area contributed by atoms with Gasteiger partial charge in [0, 0.05) is 5.38 Å². The standard InChI is InChI=1S/C19H15BrN2O2S2/c1-3-24-18-14(20)8-12(9-16(18)23-2)7-13(10-21)19-22-15(11-26-19)17-5-4-6-25-17/h4-9,11H,3H2,1-2H3/b13-7-. The van der Waals surface area contributed by atoms with Crippen molar-refractivity contribution in [3.8, 4) is 28.1 Å². The van der Waals surface area contributed by atoms with Gasteiger partial charge in [0.05, 0.1) is 34.3 Å². The lowest BCUT2D eigenvalue weighted by Gasteiger charge is -2.12. The number of thiophene rings is 1. The van der Waals surface area contributed by atoms with Crippen LogP contribution >= 0.6 is 38.6 Å². The average molecular weight is 447 g/mol. The fourth-order valence-corrected chi connectivity index (χ4v) is 4.47. The van der Waals surface area contributed by atoms with Gasteiger partial charge in [0.15, 0.2) is 11.5 Å². The fraction of sp³-hybridized carbons (Fsp3) is 0.158. The maximum absolute atomic E-state index is 9.60. The zero-order valence-corrected chi connectivity index (χ0v) is 17.4. The molecule has 26 heavy (non-hydrogen) atoms. The third-order valence-electron chi connectivity index (χ3n) is 3.48. The van der Waals surface area contributed by atoms with E-state index >= 15 is 0 Å². The van der Waals surface area contributed by atoms with Gasteiger partial charge in [-0.15, -0.1) is 22.7 Å². The molecule has 0 aliphatic heterocycles. The molecule has 0 aliphatic carbocycles. The quantitative estimate of drug-likeness (QED) is 0.428. The zero-order chi connectivity index (χ0) is 18.5. The minimum Gasteiger partial charge on any atom is -0.493 e. The summed E-state index contributed by atoms with van der Waals surface area (Å²) in [7, 11) is 1.59. The molecule has 1 aromatic carbocycles. The highest BCUT2D eigenvalue weighted by atomic mass is 79.9. The van der Waals surface area contributed by atoms with Gasteiger partial charge in [-0.2, -0.15) is 5.26 Å². The predicted octanol–water partition coefficient (Wildman–Crippen LogP) is 6.11. The Balaban J connectivity index is 1.97. The third kappa shape index (κ3) is 3.98. The molecule has 3 aromatic rings. The van der Waals surface area contributed by atoms with E-state index in [9.17, 15) is 5.26 Å². The van der Waals surface area contributed by atoms with Crippen molar-refractivity contribution >= 4 is 50.3 Å². The van der Waals surface area contributed by atoms with Crippen LogP contribution in [0.1, 0.15) is 17.5 Å². The molecule has 2 aromatic heterocycles. The molecule has 0 aliphatic rings. The van der Waals surface area contributed by atoms with E-state index in [4.69, 9.17) is 9.47 Å². The second-order valence-corrected chi connectivity index (χ2v) is 7.81. The van der Waals surface area contributed by atoms with Gasteiger partial charge in [-0.25, -0.2) is 4.98 Å². The molecule has 7 heteroatoms. The molecule has 0 amide bonds. The summed E-state index contributed by atoms with van der Waals surface area (Å²) < 4.78 is 11.8. The molecule has 132 valence electrons. The van der Waals surface area contributed by atoms with Crippen LogP contribution in [0.4, 0.5) is 0 Å². The summed E-state index contributed by atoms with van der Waals surface area (Å²) in [6, 6.07) is 10.0. The van der Waals surface area contributed by atoms with Crippen LogP contribution in [-0.2, 0) is 0 Å². The van der Waals surface area contributed by atoms with Crippen LogP contribution in [0.3, 0.4) is 0 Å². The summed E-state index contributed by atoms with van der Waals surface area (Å²) in [5.74, 6) is 1.27. The number of hydrogen-bond acceptors (Lipinski definition) is 6. The van der Waals surface area contributed by atoms with Gasteiger partial charge in [-0.1, -0.05) is 6.07 Å². The van der Waals surface area contributed by atoms with Gasteiger partial charge in [0.25, 0.3) is 0 Å². The van der Waals surface area contributed by atoms with Gasteiger partial charge < -0.3 is 9.47 Å². The molecule has 0 unspecified atom stereocenters. The molecular weight excluding hydrogens is 432 g/mol. The summed E-state index contributed by atoms with van der Waals surface area (Å²) in [6.45, 7) is 2.46. The van der Waals surface area contributed by atoms with Crippen molar-refractivity contribution in [2.75, 3.05) is 13.7 Å². The number of halogens is 1. The molecule has 2 heterocycles. The molecule has 3 rings (SSSR count). The van der Waals surface area contributed by atoms with Crippen LogP contribution in [0.15, 0.2) is 39.5 Å². The Bertz CT molecular complexity index is 972. The van der Waals surface area contributed by atoms with Crippen LogP contribution in [0.2, 0.25) is 0 Å². The second-order valence-electron chi connectivity index (χ2n) is 5.15. The molecule has 0 saturated heterocycles. The van der Waals surface area contributed by atoms with E-state index in [1.54, 1.807) is 24.5 Å². The first-order valence-electron chi connectivity index (χ1n) is 7.78. The van der Waals surface area contributed by atoms with E-state index in [-0.39, 0.29) is 0 Å². The average Bonchev–Trinajstić information content (AvgIpc) is 3.33. The largest absolute Gasteiger partial charge is 0.493 e. The molecule has 0 fully saturated rings. The summed E-state index contributed by atoms with van der Waals surface area (Å²) >= 11 is 6.60. The normalized spacial score (nSPS) is 11.2. The summed E-state index contributed by atoms with van der Waals surface area (Å²) in [6.07, 6.45) is 1.81. The Hall–Kier alpha value is -2.14. The van der Waals surface area contributed by atoms with Crippen LogP contribution in [0.25, 0.3) is 22.2 Å². The first-order chi connectivity index (χ1) is 12.7. The van der Waals surface area contributed by atoms with E-state index in [2.05, 4.69) is 27.0 Å². The molecule has 4 nitrogen and oxygen atoms in total. The van der Waals surface area contributed by atoms with Crippen molar-refractivity contribution in [3.05, 3.63) is 50.1 Å². The lowest BCUT2D eigenvalue weighted by Crippen LogP contribution is -1.97. The first-order valence-corrected chi connectivity index (χ1v) is 10.3.